The van der Waals surface area contributed by atoms with E-state index >= 15 is 0 Å². The fraction of sp³-hybridized carbons (Fsp3) is 0.370. The Morgan fingerprint density at radius 1 is 1.20 bits per heavy atom. The number of nitrogens with one attached hydrogen (secondary N) is 2. The maximum Gasteiger partial charge on any atom is 0.224 e. The Kier molecular flexibility index (Phi) is 6.72. The molecule has 1 saturated carbocycles. The molecule has 0 radical (unpaired) electrons. The number of thiocarbonyl (C=S) groups is 1. The van der Waals surface area contributed by atoms with E-state index in [1.807, 2.05) is 49.5 Å². The second-order valence-corrected chi connectivity index (χ2v) is 9.45. The van der Waals surface area contributed by atoms with Gasteiger partial charge in [-0.15, -0.1) is 0 Å². The molecule has 2 aliphatic rings. The summed E-state index contributed by atoms with van der Waals surface area (Å²) in [5, 5.41) is 7.09. The minimum Gasteiger partial charge on any atom is -0.494 e. The van der Waals surface area contributed by atoms with E-state index in [2.05, 4.69) is 43.4 Å². The van der Waals surface area contributed by atoms with Crippen molar-refractivity contribution in [1.82, 2.24) is 14.9 Å². The quantitative estimate of drug-likeness (QED) is 0.425. The van der Waals surface area contributed by atoms with Gasteiger partial charge in [-0.2, -0.15) is 0 Å². The molecule has 1 aliphatic heterocycles. The maximum atomic E-state index is 12.0. The number of pyridine rings is 1. The third kappa shape index (κ3) is 4.50. The number of methoxy groups -OCH3 is 1. The Labute approximate surface area is 211 Å². The molecule has 3 aromatic rings. The van der Waals surface area contributed by atoms with E-state index in [0.717, 1.165) is 11.4 Å². The lowest BCUT2D eigenvalue weighted by atomic mass is 10.00. The molecule has 1 saturated heterocycles. The van der Waals surface area contributed by atoms with Gasteiger partial charge in [-0.1, -0.05) is 25.8 Å². The van der Waals surface area contributed by atoms with Gasteiger partial charge in [0.05, 0.1) is 24.5 Å². The van der Waals surface area contributed by atoms with Crippen molar-refractivity contribution in [3.05, 3.63) is 72.3 Å². The van der Waals surface area contributed by atoms with Crippen molar-refractivity contribution in [2.75, 3.05) is 17.3 Å². The van der Waals surface area contributed by atoms with Crippen LogP contribution in [0.15, 0.2) is 60.9 Å². The second-order valence-electron chi connectivity index (χ2n) is 9.06. The molecular formula is C27H31N5O2S. The van der Waals surface area contributed by atoms with Gasteiger partial charge >= 0.3 is 0 Å². The number of hydrogen-bond donors (Lipinski definition) is 2. The normalized spacial score (nSPS) is 20.2. The second kappa shape index (κ2) is 10.1. The van der Waals surface area contributed by atoms with Gasteiger partial charge < -0.3 is 24.8 Å². The van der Waals surface area contributed by atoms with Crippen molar-refractivity contribution in [2.24, 2.45) is 0 Å². The van der Waals surface area contributed by atoms with Crippen LogP contribution in [-0.4, -0.2) is 27.7 Å². The number of aromatic nitrogens is 2. The van der Waals surface area contributed by atoms with Crippen LogP contribution in [0.3, 0.4) is 0 Å². The minimum atomic E-state index is -0.107. The number of carbonyl (C=O) groups excluding carboxylic acids is 1. The minimum absolute atomic E-state index is 0.0584. The molecule has 1 amide bonds. The van der Waals surface area contributed by atoms with E-state index in [9.17, 15) is 4.79 Å². The molecule has 0 unspecified atom stereocenters. The number of anilines is 2. The SMILES string of the molecule is CCC(=O)Nc1ccc(N2C(=S)N[C@@H](c3ccccn3)[C@H]2c2cccn2C2CCCC2)cc1OC. The summed E-state index contributed by atoms with van der Waals surface area (Å²) in [6.07, 6.45) is 9.34. The largest absolute Gasteiger partial charge is 0.494 e. The topological polar surface area (TPSA) is 71.4 Å². The monoisotopic (exact) mass is 489 g/mol. The lowest BCUT2D eigenvalue weighted by Gasteiger charge is -2.30. The van der Waals surface area contributed by atoms with E-state index < -0.39 is 0 Å². The van der Waals surface area contributed by atoms with Gasteiger partial charge in [0.1, 0.15) is 11.8 Å². The Morgan fingerprint density at radius 2 is 2.03 bits per heavy atom. The van der Waals surface area contributed by atoms with Gasteiger partial charge in [0.15, 0.2) is 5.11 Å². The first-order valence-electron chi connectivity index (χ1n) is 12.3. The number of benzene rings is 1. The van der Waals surface area contributed by atoms with Gasteiger partial charge in [0, 0.05) is 42.3 Å². The molecule has 5 rings (SSSR count). The molecular weight excluding hydrogens is 458 g/mol. The summed E-state index contributed by atoms with van der Waals surface area (Å²) in [7, 11) is 1.61. The van der Waals surface area contributed by atoms with Gasteiger partial charge in [0.25, 0.3) is 0 Å². The summed E-state index contributed by atoms with van der Waals surface area (Å²) in [4.78, 5) is 18.8. The molecule has 2 N–H and O–H groups in total. The van der Waals surface area contributed by atoms with Crippen LogP contribution >= 0.6 is 12.2 Å². The molecule has 1 aromatic carbocycles. The molecule has 2 fully saturated rings. The Morgan fingerprint density at radius 3 is 2.74 bits per heavy atom. The molecule has 1 aliphatic carbocycles. The van der Waals surface area contributed by atoms with Crippen LogP contribution in [0.25, 0.3) is 0 Å². The van der Waals surface area contributed by atoms with Crippen molar-refractivity contribution in [3.63, 3.8) is 0 Å². The van der Waals surface area contributed by atoms with E-state index in [-0.39, 0.29) is 18.0 Å². The van der Waals surface area contributed by atoms with E-state index in [0.29, 0.717) is 29.0 Å². The average molecular weight is 490 g/mol. The Balaban J connectivity index is 1.59. The summed E-state index contributed by atoms with van der Waals surface area (Å²) >= 11 is 5.90. The van der Waals surface area contributed by atoms with Crippen LogP contribution in [0.5, 0.6) is 5.75 Å². The maximum absolute atomic E-state index is 12.0. The zero-order chi connectivity index (χ0) is 24.4. The first-order chi connectivity index (χ1) is 17.1. The highest BCUT2D eigenvalue weighted by molar-refractivity contribution is 7.80. The van der Waals surface area contributed by atoms with Gasteiger partial charge in [0.2, 0.25) is 5.91 Å². The van der Waals surface area contributed by atoms with Crippen LogP contribution < -0.4 is 20.3 Å². The molecule has 35 heavy (non-hydrogen) atoms. The standard InChI is InChI=1S/C27H31N5O2S/c1-3-24(33)29-20-14-13-19(17-23(20)34-2)32-26(22-12-8-16-31(22)18-9-4-5-10-18)25(30-27(32)35)21-11-6-7-15-28-21/h6-8,11-18,25-26H,3-5,9-10H2,1-2H3,(H,29,33)(H,30,35)/t25-,26+/m0/s1. The average Bonchev–Trinajstić information content (AvgIpc) is 3.64. The predicted molar refractivity (Wildman–Crippen MR) is 142 cm³/mol. The molecule has 2 aromatic heterocycles. The first kappa shape index (κ1) is 23.4. The van der Waals surface area contributed by atoms with Crippen molar-refractivity contribution >= 4 is 34.6 Å². The number of amides is 1. The highest BCUT2D eigenvalue weighted by Crippen LogP contribution is 2.45. The van der Waals surface area contributed by atoms with Gasteiger partial charge in [-0.3, -0.25) is 9.78 Å². The summed E-state index contributed by atoms with van der Waals surface area (Å²) in [5.41, 5.74) is 3.70. The van der Waals surface area contributed by atoms with Gasteiger partial charge in [-0.25, -0.2) is 0 Å². The molecule has 3 heterocycles. The lowest BCUT2D eigenvalue weighted by Crippen LogP contribution is -2.30. The summed E-state index contributed by atoms with van der Waals surface area (Å²) in [5.74, 6) is 0.537. The van der Waals surface area contributed by atoms with E-state index in [4.69, 9.17) is 17.0 Å². The van der Waals surface area contributed by atoms with E-state index in [1.165, 1.54) is 31.4 Å². The highest BCUT2D eigenvalue weighted by atomic mass is 32.1. The van der Waals surface area contributed by atoms with Crippen LogP contribution in [0, 0.1) is 0 Å². The van der Waals surface area contributed by atoms with E-state index in [1.54, 1.807) is 7.11 Å². The lowest BCUT2D eigenvalue weighted by molar-refractivity contribution is -0.115. The predicted octanol–water partition coefficient (Wildman–Crippen LogP) is 5.53. The summed E-state index contributed by atoms with van der Waals surface area (Å²) in [6, 6.07) is 16.4. The number of nitrogens with zero attached hydrogens (tertiary/aromatic N) is 3. The van der Waals surface area contributed by atoms with Crippen LogP contribution in [-0.2, 0) is 4.79 Å². The molecule has 2 atom stereocenters. The zero-order valence-electron chi connectivity index (χ0n) is 20.1. The summed E-state index contributed by atoms with van der Waals surface area (Å²) in [6.45, 7) is 1.83. The fourth-order valence-electron chi connectivity index (χ4n) is 5.28. The molecule has 182 valence electrons. The third-order valence-electron chi connectivity index (χ3n) is 6.99. The zero-order valence-corrected chi connectivity index (χ0v) is 20.9. The van der Waals surface area contributed by atoms with Crippen LogP contribution in [0.1, 0.15) is 68.5 Å². The number of ether oxygens (including phenoxy) is 1. The Bertz CT molecular complexity index is 1210. The Hall–Kier alpha value is -3.39. The molecule has 0 spiro atoms. The third-order valence-corrected chi connectivity index (χ3v) is 7.30. The molecule has 7 nitrogen and oxygen atoms in total. The van der Waals surface area contributed by atoms with Crippen LogP contribution in [0.4, 0.5) is 11.4 Å². The number of rotatable bonds is 7. The van der Waals surface area contributed by atoms with Crippen LogP contribution in [0.2, 0.25) is 0 Å². The molecule has 8 heteroatoms. The number of hydrogen-bond acceptors (Lipinski definition) is 4. The first-order valence-corrected chi connectivity index (χ1v) is 12.7. The van der Waals surface area contributed by atoms with Crippen molar-refractivity contribution < 1.29 is 9.53 Å². The number of carbonyl (C=O) groups is 1. The van der Waals surface area contributed by atoms with Crippen molar-refractivity contribution in [2.45, 2.75) is 57.2 Å². The fourth-order valence-corrected chi connectivity index (χ4v) is 5.62. The van der Waals surface area contributed by atoms with Gasteiger partial charge in [-0.05, 0) is 61.5 Å². The molecule has 0 bridgehead atoms. The smallest absolute Gasteiger partial charge is 0.224 e. The van der Waals surface area contributed by atoms with Crippen molar-refractivity contribution in [3.8, 4) is 5.75 Å². The highest BCUT2D eigenvalue weighted by Gasteiger charge is 2.42. The summed E-state index contributed by atoms with van der Waals surface area (Å²) < 4.78 is 8.08. The van der Waals surface area contributed by atoms with Crippen molar-refractivity contribution in [1.29, 1.82) is 0 Å².